The number of hydrogen-bond donors (Lipinski definition) is 3. The number of nitrogens with two attached hydrogens (primary N) is 1. The summed E-state index contributed by atoms with van der Waals surface area (Å²) in [5.41, 5.74) is 14.3. The molecular weight excluding hydrogens is 210 g/mol. The summed E-state index contributed by atoms with van der Waals surface area (Å²) < 4.78 is 0. The molecule has 3 unspecified atom stereocenters. The minimum absolute atomic E-state index is 0.0202. The third-order valence-corrected chi connectivity index (χ3v) is 4.09. The molecule has 17 heavy (non-hydrogen) atoms. The minimum atomic E-state index is -0.0202. The zero-order valence-corrected chi connectivity index (χ0v) is 10.9. The van der Waals surface area contributed by atoms with Crippen molar-refractivity contribution in [3.63, 3.8) is 0 Å². The average Bonchev–Trinajstić information content (AvgIpc) is 2.73. The fourth-order valence-electron chi connectivity index (χ4n) is 2.55. The highest BCUT2D eigenvalue weighted by Crippen LogP contribution is 2.37. The van der Waals surface area contributed by atoms with Gasteiger partial charge in [-0.15, -0.1) is 0 Å². The van der Waals surface area contributed by atoms with Crippen molar-refractivity contribution in [1.29, 1.82) is 0 Å². The molecule has 4 N–H and O–H groups in total. The van der Waals surface area contributed by atoms with Crippen molar-refractivity contribution in [2.24, 2.45) is 11.1 Å². The van der Waals surface area contributed by atoms with Gasteiger partial charge in [0.15, 0.2) is 0 Å². The van der Waals surface area contributed by atoms with E-state index in [0.717, 1.165) is 6.42 Å². The van der Waals surface area contributed by atoms with Crippen LogP contribution in [-0.2, 0) is 0 Å². The third-order valence-electron chi connectivity index (χ3n) is 4.09. The van der Waals surface area contributed by atoms with Crippen LogP contribution < -0.4 is 16.6 Å². The van der Waals surface area contributed by atoms with Crippen LogP contribution in [0.5, 0.6) is 0 Å². The highest BCUT2D eigenvalue weighted by atomic mass is 15.5. The molecule has 0 aliphatic carbocycles. The van der Waals surface area contributed by atoms with Gasteiger partial charge in [-0.2, -0.15) is 0 Å². The fraction of sp³-hybridized carbons (Fsp3) is 0.571. The maximum Gasteiger partial charge on any atom is 0.0764 e. The Bertz CT molecular complexity index is 361. The van der Waals surface area contributed by atoms with Gasteiger partial charge in [-0.05, 0) is 17.4 Å². The van der Waals surface area contributed by atoms with Gasteiger partial charge >= 0.3 is 0 Å². The number of benzene rings is 1. The summed E-state index contributed by atoms with van der Waals surface area (Å²) in [6, 6.07) is 10.9. The Hall–Kier alpha value is -0.900. The smallest absolute Gasteiger partial charge is 0.0764 e. The van der Waals surface area contributed by atoms with E-state index in [2.05, 4.69) is 55.9 Å². The van der Waals surface area contributed by atoms with Crippen molar-refractivity contribution >= 4 is 0 Å². The molecule has 3 nitrogen and oxygen atoms in total. The Morgan fingerprint density at radius 1 is 1.18 bits per heavy atom. The lowest BCUT2D eigenvalue weighted by molar-refractivity contribution is 0.229. The van der Waals surface area contributed by atoms with Crippen molar-refractivity contribution in [3.8, 4) is 0 Å². The molecule has 1 aromatic rings. The van der Waals surface area contributed by atoms with Gasteiger partial charge in [0.2, 0.25) is 0 Å². The lowest BCUT2D eigenvalue weighted by atomic mass is 9.73. The van der Waals surface area contributed by atoms with Crippen LogP contribution in [0.25, 0.3) is 0 Å². The Balaban J connectivity index is 2.30. The van der Waals surface area contributed by atoms with Crippen LogP contribution in [0.4, 0.5) is 0 Å². The molecule has 0 saturated carbocycles. The van der Waals surface area contributed by atoms with E-state index in [1.165, 1.54) is 5.56 Å². The van der Waals surface area contributed by atoms with Crippen molar-refractivity contribution < 1.29 is 0 Å². The molecule has 0 bridgehead atoms. The molecule has 3 atom stereocenters. The average molecular weight is 233 g/mol. The van der Waals surface area contributed by atoms with Gasteiger partial charge in [0, 0.05) is 12.0 Å². The van der Waals surface area contributed by atoms with Crippen LogP contribution in [0.15, 0.2) is 30.3 Å². The van der Waals surface area contributed by atoms with E-state index in [4.69, 9.17) is 5.73 Å². The Labute approximate surface area is 104 Å². The van der Waals surface area contributed by atoms with Crippen LogP contribution in [0, 0.1) is 5.41 Å². The summed E-state index contributed by atoms with van der Waals surface area (Å²) in [7, 11) is 0. The largest absolute Gasteiger partial charge is 0.314 e. The zero-order chi connectivity index (χ0) is 12.5. The van der Waals surface area contributed by atoms with Gasteiger partial charge in [0.1, 0.15) is 0 Å². The summed E-state index contributed by atoms with van der Waals surface area (Å²) in [5, 5.41) is 0. The molecule has 1 fully saturated rings. The quantitative estimate of drug-likeness (QED) is 0.748. The maximum atomic E-state index is 6.18. The zero-order valence-electron chi connectivity index (χ0n) is 10.9. The van der Waals surface area contributed by atoms with E-state index in [-0.39, 0.29) is 11.6 Å². The first-order chi connectivity index (χ1) is 8.06. The topological polar surface area (TPSA) is 50.1 Å². The van der Waals surface area contributed by atoms with Crippen molar-refractivity contribution in [2.75, 3.05) is 0 Å². The summed E-state index contributed by atoms with van der Waals surface area (Å²) >= 11 is 0. The molecule has 2 rings (SSSR count). The number of rotatable bonds is 3. The lowest BCUT2D eigenvalue weighted by Crippen LogP contribution is -2.42. The van der Waals surface area contributed by atoms with Gasteiger partial charge in [0.05, 0.1) is 6.17 Å². The molecule has 1 saturated heterocycles. The Morgan fingerprint density at radius 2 is 1.82 bits per heavy atom. The predicted molar refractivity (Wildman–Crippen MR) is 71.3 cm³/mol. The molecule has 0 radical (unpaired) electrons. The van der Waals surface area contributed by atoms with Crippen LogP contribution in [-0.4, -0.2) is 12.2 Å². The molecular formula is C14H23N3. The molecule has 0 amide bonds. The van der Waals surface area contributed by atoms with E-state index >= 15 is 0 Å². The number of hydrazine groups is 1. The molecule has 1 aliphatic rings. The second kappa shape index (κ2) is 4.77. The van der Waals surface area contributed by atoms with E-state index < -0.39 is 0 Å². The lowest BCUT2D eigenvalue weighted by Gasteiger charge is -2.35. The molecule has 0 aromatic heterocycles. The summed E-state index contributed by atoms with van der Waals surface area (Å²) in [4.78, 5) is 0. The highest BCUT2D eigenvalue weighted by Gasteiger charge is 2.42. The third kappa shape index (κ3) is 2.37. The van der Waals surface area contributed by atoms with Crippen molar-refractivity contribution in [1.82, 2.24) is 10.9 Å². The molecule has 3 heteroatoms. The first-order valence-electron chi connectivity index (χ1n) is 6.38. The Morgan fingerprint density at radius 3 is 2.41 bits per heavy atom. The predicted octanol–water partition coefficient (Wildman–Crippen LogP) is 1.97. The van der Waals surface area contributed by atoms with Gasteiger partial charge in [-0.1, -0.05) is 51.1 Å². The first kappa shape index (κ1) is 12.6. The van der Waals surface area contributed by atoms with Gasteiger partial charge in [0.25, 0.3) is 0 Å². The SMILES string of the molecule is CCC(C)(C)C1NNC(N)C1c1ccccc1. The Kier molecular flexibility index (Phi) is 3.52. The van der Waals surface area contributed by atoms with E-state index in [0.29, 0.717) is 12.0 Å². The van der Waals surface area contributed by atoms with Crippen LogP contribution in [0.2, 0.25) is 0 Å². The second-order valence-electron chi connectivity index (χ2n) is 5.57. The molecule has 1 heterocycles. The fourth-order valence-corrected chi connectivity index (χ4v) is 2.55. The first-order valence-corrected chi connectivity index (χ1v) is 6.38. The number of hydrogen-bond acceptors (Lipinski definition) is 3. The normalized spacial score (nSPS) is 29.5. The number of nitrogens with one attached hydrogen (secondary N) is 2. The maximum absolute atomic E-state index is 6.18. The van der Waals surface area contributed by atoms with Gasteiger partial charge in [-0.25, -0.2) is 5.43 Å². The monoisotopic (exact) mass is 233 g/mol. The second-order valence-corrected chi connectivity index (χ2v) is 5.57. The van der Waals surface area contributed by atoms with Crippen LogP contribution >= 0.6 is 0 Å². The van der Waals surface area contributed by atoms with E-state index in [9.17, 15) is 0 Å². The molecule has 0 spiro atoms. The molecule has 1 aromatic carbocycles. The summed E-state index contributed by atoms with van der Waals surface area (Å²) in [6.07, 6.45) is 1.11. The van der Waals surface area contributed by atoms with Crippen LogP contribution in [0.3, 0.4) is 0 Å². The van der Waals surface area contributed by atoms with Gasteiger partial charge in [-0.3, -0.25) is 5.43 Å². The van der Waals surface area contributed by atoms with Crippen molar-refractivity contribution in [3.05, 3.63) is 35.9 Å². The van der Waals surface area contributed by atoms with E-state index in [1.807, 2.05) is 6.07 Å². The van der Waals surface area contributed by atoms with Gasteiger partial charge < -0.3 is 5.73 Å². The van der Waals surface area contributed by atoms with E-state index in [1.54, 1.807) is 0 Å². The minimum Gasteiger partial charge on any atom is -0.314 e. The van der Waals surface area contributed by atoms with Crippen LogP contribution in [0.1, 0.15) is 38.7 Å². The summed E-state index contributed by atoms with van der Waals surface area (Å²) in [6.45, 7) is 6.81. The standard InChI is InChI=1S/C14H23N3/c1-4-14(2,3)12-11(13(15)17-16-12)10-8-6-5-7-9-10/h5-9,11-13,16-17H,4,15H2,1-3H3. The highest BCUT2D eigenvalue weighted by molar-refractivity contribution is 5.25. The molecule has 94 valence electrons. The summed E-state index contributed by atoms with van der Waals surface area (Å²) in [5.74, 6) is 0.325. The molecule has 1 aliphatic heterocycles. The van der Waals surface area contributed by atoms with Crippen molar-refractivity contribution in [2.45, 2.75) is 45.3 Å².